The molecule has 0 unspecified atom stereocenters. The number of nitrogens with one attached hydrogen (secondary N) is 1. The number of hydrogen-bond donors (Lipinski definition) is 1. The van der Waals surface area contributed by atoms with Crippen molar-refractivity contribution in [2.24, 2.45) is 0 Å². The van der Waals surface area contributed by atoms with E-state index in [-0.39, 0.29) is 5.91 Å². The lowest BCUT2D eigenvalue weighted by molar-refractivity contribution is 0.102. The zero-order valence-electron chi connectivity index (χ0n) is 11.1. The molecule has 2 aromatic rings. The Labute approximate surface area is 130 Å². The predicted molar refractivity (Wildman–Crippen MR) is 81.9 cm³/mol. The Kier molecular flexibility index (Phi) is 4.06. The first-order valence-corrected chi connectivity index (χ1v) is 7.34. The Morgan fingerprint density at radius 3 is 2.71 bits per heavy atom. The third-order valence-electron chi connectivity index (χ3n) is 2.99. The molecule has 0 saturated carbocycles. The van der Waals surface area contributed by atoms with Gasteiger partial charge in [-0.05, 0) is 40.2 Å². The van der Waals surface area contributed by atoms with Crippen molar-refractivity contribution < 1.29 is 14.3 Å². The second-order valence-electron chi connectivity index (χ2n) is 4.54. The number of carbonyl (C=O) groups is 1. The van der Waals surface area contributed by atoms with Gasteiger partial charge in [0.1, 0.15) is 4.60 Å². The standard InChI is InChI=1S/C15H13BrN2O3/c16-14-5-2-10(9-17-14)15(19)18-11-3-4-12-13(8-11)21-7-1-6-20-12/h2-5,8-9H,1,6-7H2,(H,18,19). The molecule has 0 aliphatic carbocycles. The monoisotopic (exact) mass is 348 g/mol. The zero-order valence-corrected chi connectivity index (χ0v) is 12.7. The van der Waals surface area contributed by atoms with E-state index in [2.05, 4.69) is 26.2 Å². The van der Waals surface area contributed by atoms with Gasteiger partial charge < -0.3 is 14.8 Å². The molecule has 0 fully saturated rings. The van der Waals surface area contributed by atoms with Crippen LogP contribution in [0.25, 0.3) is 0 Å². The molecule has 2 heterocycles. The summed E-state index contributed by atoms with van der Waals surface area (Å²) in [6, 6.07) is 8.79. The maximum Gasteiger partial charge on any atom is 0.257 e. The summed E-state index contributed by atoms with van der Waals surface area (Å²) in [6.45, 7) is 1.25. The summed E-state index contributed by atoms with van der Waals surface area (Å²) in [7, 11) is 0. The van der Waals surface area contributed by atoms with E-state index < -0.39 is 0 Å². The van der Waals surface area contributed by atoms with E-state index in [1.165, 1.54) is 6.20 Å². The van der Waals surface area contributed by atoms with E-state index in [1.807, 2.05) is 0 Å². The summed E-state index contributed by atoms with van der Waals surface area (Å²) >= 11 is 3.24. The van der Waals surface area contributed by atoms with Crippen LogP contribution < -0.4 is 14.8 Å². The first kappa shape index (κ1) is 13.9. The Morgan fingerprint density at radius 1 is 1.14 bits per heavy atom. The molecule has 1 aromatic heterocycles. The largest absolute Gasteiger partial charge is 0.490 e. The van der Waals surface area contributed by atoms with Crippen molar-refractivity contribution in [2.45, 2.75) is 6.42 Å². The number of carbonyl (C=O) groups excluding carboxylic acids is 1. The van der Waals surface area contributed by atoms with Gasteiger partial charge in [-0.25, -0.2) is 4.98 Å². The lowest BCUT2D eigenvalue weighted by atomic mass is 10.2. The van der Waals surface area contributed by atoms with Gasteiger partial charge in [-0.1, -0.05) is 0 Å². The predicted octanol–water partition coefficient (Wildman–Crippen LogP) is 3.26. The molecule has 1 amide bonds. The zero-order chi connectivity index (χ0) is 14.7. The summed E-state index contributed by atoms with van der Waals surface area (Å²) in [5, 5.41) is 2.82. The molecule has 0 spiro atoms. The van der Waals surface area contributed by atoms with Gasteiger partial charge in [0.25, 0.3) is 5.91 Å². The van der Waals surface area contributed by atoms with Crippen LogP contribution in [0.5, 0.6) is 11.5 Å². The van der Waals surface area contributed by atoms with Gasteiger partial charge in [0.05, 0.1) is 18.8 Å². The molecular weight excluding hydrogens is 336 g/mol. The van der Waals surface area contributed by atoms with E-state index >= 15 is 0 Å². The fourth-order valence-corrected chi connectivity index (χ4v) is 2.19. The summed E-state index contributed by atoms with van der Waals surface area (Å²) < 4.78 is 11.8. The van der Waals surface area contributed by atoms with Crippen LogP contribution in [0.2, 0.25) is 0 Å². The number of aromatic nitrogens is 1. The molecule has 108 valence electrons. The summed E-state index contributed by atoms with van der Waals surface area (Å²) in [4.78, 5) is 16.2. The number of benzene rings is 1. The van der Waals surface area contributed by atoms with Crippen LogP contribution in [-0.2, 0) is 0 Å². The van der Waals surface area contributed by atoms with Crippen molar-refractivity contribution in [1.82, 2.24) is 4.98 Å². The second-order valence-corrected chi connectivity index (χ2v) is 5.35. The first-order valence-electron chi connectivity index (χ1n) is 6.55. The van der Waals surface area contributed by atoms with Crippen molar-refractivity contribution in [2.75, 3.05) is 18.5 Å². The minimum absolute atomic E-state index is 0.218. The SMILES string of the molecule is O=C(Nc1ccc2c(c1)OCCCO2)c1ccc(Br)nc1. The molecule has 0 saturated heterocycles. The number of amides is 1. The molecule has 0 radical (unpaired) electrons. The van der Waals surface area contributed by atoms with Gasteiger partial charge in [0.2, 0.25) is 0 Å². The maximum absolute atomic E-state index is 12.1. The number of ether oxygens (including phenoxy) is 2. The van der Waals surface area contributed by atoms with Crippen molar-refractivity contribution in [3.63, 3.8) is 0 Å². The Morgan fingerprint density at radius 2 is 1.95 bits per heavy atom. The molecule has 0 atom stereocenters. The number of hydrogen-bond acceptors (Lipinski definition) is 4. The van der Waals surface area contributed by atoms with Crippen molar-refractivity contribution in [3.05, 3.63) is 46.7 Å². The minimum Gasteiger partial charge on any atom is -0.490 e. The van der Waals surface area contributed by atoms with Gasteiger partial charge in [-0.2, -0.15) is 0 Å². The van der Waals surface area contributed by atoms with Crippen LogP contribution in [0.1, 0.15) is 16.8 Å². The highest BCUT2D eigenvalue weighted by molar-refractivity contribution is 9.10. The van der Waals surface area contributed by atoms with Crippen LogP contribution >= 0.6 is 15.9 Å². The smallest absolute Gasteiger partial charge is 0.257 e. The fraction of sp³-hybridized carbons (Fsp3) is 0.200. The number of nitrogens with zero attached hydrogens (tertiary/aromatic N) is 1. The van der Waals surface area contributed by atoms with E-state index in [4.69, 9.17) is 9.47 Å². The second kappa shape index (κ2) is 6.13. The molecule has 1 aromatic carbocycles. The van der Waals surface area contributed by atoms with E-state index in [9.17, 15) is 4.79 Å². The lowest BCUT2D eigenvalue weighted by Gasteiger charge is -2.10. The third-order valence-corrected chi connectivity index (χ3v) is 3.46. The molecule has 6 heteroatoms. The molecule has 1 aliphatic heterocycles. The molecule has 0 bridgehead atoms. The lowest BCUT2D eigenvalue weighted by Crippen LogP contribution is -2.12. The normalized spacial score (nSPS) is 13.4. The van der Waals surface area contributed by atoms with Crippen molar-refractivity contribution in [1.29, 1.82) is 0 Å². The van der Waals surface area contributed by atoms with Gasteiger partial charge in [-0.15, -0.1) is 0 Å². The van der Waals surface area contributed by atoms with Gasteiger partial charge in [0.15, 0.2) is 11.5 Å². The Hall–Kier alpha value is -2.08. The van der Waals surface area contributed by atoms with Crippen LogP contribution in [0.15, 0.2) is 41.1 Å². The summed E-state index contributed by atoms with van der Waals surface area (Å²) in [5.41, 5.74) is 1.15. The van der Waals surface area contributed by atoms with E-state index in [0.29, 0.717) is 40.6 Å². The summed E-state index contributed by atoms with van der Waals surface area (Å²) in [6.07, 6.45) is 2.36. The fourth-order valence-electron chi connectivity index (χ4n) is 1.95. The highest BCUT2D eigenvalue weighted by atomic mass is 79.9. The average molecular weight is 349 g/mol. The van der Waals surface area contributed by atoms with Crippen LogP contribution in [0.4, 0.5) is 5.69 Å². The number of halogens is 1. The topological polar surface area (TPSA) is 60.5 Å². The highest BCUT2D eigenvalue weighted by Crippen LogP contribution is 2.32. The summed E-state index contributed by atoms with van der Waals surface area (Å²) in [5.74, 6) is 1.14. The van der Waals surface area contributed by atoms with Crippen LogP contribution in [0, 0.1) is 0 Å². The third kappa shape index (κ3) is 3.33. The quantitative estimate of drug-likeness (QED) is 0.846. The van der Waals surface area contributed by atoms with Gasteiger partial charge >= 0.3 is 0 Å². The average Bonchev–Trinajstić information content (AvgIpc) is 2.72. The number of rotatable bonds is 2. The molecule has 3 rings (SSSR count). The van der Waals surface area contributed by atoms with Gasteiger partial charge in [0, 0.05) is 24.4 Å². The molecule has 5 nitrogen and oxygen atoms in total. The van der Waals surface area contributed by atoms with E-state index in [1.54, 1.807) is 30.3 Å². The molecule has 1 aliphatic rings. The molecule has 1 N–H and O–H groups in total. The highest BCUT2D eigenvalue weighted by Gasteiger charge is 2.12. The van der Waals surface area contributed by atoms with Crippen LogP contribution in [0.3, 0.4) is 0 Å². The van der Waals surface area contributed by atoms with Gasteiger partial charge in [-0.3, -0.25) is 4.79 Å². The Balaban J connectivity index is 1.77. The number of anilines is 1. The molecular formula is C15H13BrN2O3. The number of pyridine rings is 1. The first-order chi connectivity index (χ1) is 10.2. The van der Waals surface area contributed by atoms with E-state index in [0.717, 1.165) is 6.42 Å². The maximum atomic E-state index is 12.1. The number of fused-ring (bicyclic) bond motifs is 1. The van der Waals surface area contributed by atoms with Crippen LogP contribution in [-0.4, -0.2) is 24.1 Å². The minimum atomic E-state index is -0.218. The van der Waals surface area contributed by atoms with Crippen molar-refractivity contribution in [3.8, 4) is 11.5 Å². The molecule has 21 heavy (non-hydrogen) atoms. The Bertz CT molecular complexity index is 658. The van der Waals surface area contributed by atoms with Crippen molar-refractivity contribution >= 4 is 27.5 Å².